The molecule has 0 saturated carbocycles. The lowest BCUT2D eigenvalue weighted by Gasteiger charge is -2.39. The van der Waals surface area contributed by atoms with Crippen LogP contribution in [0.15, 0.2) is 24.3 Å². The number of likely N-dealkylation sites (tertiary alicyclic amines) is 2. The number of carbonyl (C=O) groups is 4. The van der Waals surface area contributed by atoms with Gasteiger partial charge in [-0.2, -0.15) is 0 Å². The van der Waals surface area contributed by atoms with Crippen molar-refractivity contribution in [1.82, 2.24) is 9.80 Å². The Balaban J connectivity index is 2.15. The van der Waals surface area contributed by atoms with Gasteiger partial charge in [0.15, 0.2) is 5.72 Å². The zero-order chi connectivity index (χ0) is 22.4. The van der Waals surface area contributed by atoms with Crippen LogP contribution in [0.25, 0.3) is 0 Å². The molecule has 0 bridgehead atoms. The number of benzene rings is 1. The highest BCUT2D eigenvalue weighted by Crippen LogP contribution is 2.55. The first-order valence-electron chi connectivity index (χ1n) is 9.21. The van der Waals surface area contributed by atoms with Crippen LogP contribution in [0.4, 0.5) is 4.79 Å². The van der Waals surface area contributed by atoms with Gasteiger partial charge in [0.05, 0.1) is 12.0 Å². The number of nitrogens with one attached hydrogen (secondary N) is 1. The summed E-state index contributed by atoms with van der Waals surface area (Å²) in [7, 11) is 1.34. The van der Waals surface area contributed by atoms with Crippen LogP contribution in [0.5, 0.6) is 0 Å². The van der Waals surface area contributed by atoms with Gasteiger partial charge in [-0.15, -0.1) is 0 Å². The molecular weight excluding hydrogens is 394 g/mol. The van der Waals surface area contributed by atoms with Crippen molar-refractivity contribution in [2.75, 3.05) is 13.6 Å². The third kappa shape index (κ3) is 3.26. The number of primary amides is 1. The first-order chi connectivity index (χ1) is 14.0. The van der Waals surface area contributed by atoms with Crippen LogP contribution in [0.3, 0.4) is 0 Å². The monoisotopic (exact) mass is 417 g/mol. The van der Waals surface area contributed by atoms with E-state index in [0.29, 0.717) is 11.1 Å². The lowest BCUT2D eigenvalue weighted by molar-refractivity contribution is -0.155. The minimum Gasteiger partial charge on any atom is -0.450 e. The second kappa shape index (κ2) is 7.41. The number of carboxylic acid groups (broad SMARTS) is 1. The van der Waals surface area contributed by atoms with Crippen molar-refractivity contribution in [3.63, 3.8) is 0 Å². The van der Waals surface area contributed by atoms with Gasteiger partial charge in [-0.1, -0.05) is 24.3 Å². The SMILES string of the molecule is CN1C(=O)C2C(c3ccc(C(=N)N)cc3)N(CCC(N)=O)C(C)(OC(=O)O)C2C1=O. The quantitative estimate of drug-likeness (QED) is 0.213. The molecule has 11 heteroatoms. The average molecular weight is 417 g/mol. The van der Waals surface area contributed by atoms with E-state index in [0.717, 1.165) is 4.90 Å². The molecule has 160 valence electrons. The lowest BCUT2D eigenvalue weighted by Crippen LogP contribution is -2.53. The molecule has 3 amide bonds. The highest BCUT2D eigenvalue weighted by Gasteiger charge is 2.68. The second-order valence-corrected chi connectivity index (χ2v) is 7.55. The summed E-state index contributed by atoms with van der Waals surface area (Å²) in [6.45, 7) is 1.41. The van der Waals surface area contributed by atoms with Crippen molar-refractivity contribution in [3.8, 4) is 0 Å². The molecule has 3 rings (SSSR count). The topological polar surface area (TPSA) is 180 Å². The number of amidine groups is 1. The Morgan fingerprint density at radius 1 is 1.20 bits per heavy atom. The largest absolute Gasteiger partial charge is 0.507 e. The number of fused-ring (bicyclic) bond motifs is 1. The number of nitrogens with zero attached hydrogens (tertiary/aromatic N) is 2. The summed E-state index contributed by atoms with van der Waals surface area (Å²) in [5, 5.41) is 16.9. The van der Waals surface area contributed by atoms with Gasteiger partial charge in [-0.05, 0) is 12.5 Å². The Kier molecular flexibility index (Phi) is 5.25. The zero-order valence-electron chi connectivity index (χ0n) is 16.5. The molecular formula is C19H23N5O6. The van der Waals surface area contributed by atoms with Crippen LogP contribution >= 0.6 is 0 Å². The number of imide groups is 1. The lowest BCUT2D eigenvalue weighted by atomic mass is 9.85. The van der Waals surface area contributed by atoms with Crippen molar-refractivity contribution in [3.05, 3.63) is 35.4 Å². The Hall–Kier alpha value is -3.47. The molecule has 2 saturated heterocycles. The molecule has 1 aromatic carbocycles. The van der Waals surface area contributed by atoms with Crippen LogP contribution < -0.4 is 11.5 Å². The van der Waals surface area contributed by atoms with Crippen LogP contribution in [0, 0.1) is 17.2 Å². The first kappa shape index (κ1) is 21.2. The van der Waals surface area contributed by atoms with E-state index < -0.39 is 47.5 Å². The minimum atomic E-state index is -1.69. The van der Waals surface area contributed by atoms with E-state index in [2.05, 4.69) is 0 Å². The van der Waals surface area contributed by atoms with Crippen LogP contribution in [0.1, 0.15) is 30.5 Å². The van der Waals surface area contributed by atoms with Crippen LogP contribution in [-0.4, -0.2) is 63.9 Å². The molecule has 2 aliphatic heterocycles. The van der Waals surface area contributed by atoms with Crippen LogP contribution in [-0.2, 0) is 19.1 Å². The van der Waals surface area contributed by atoms with E-state index in [-0.39, 0.29) is 18.8 Å². The first-order valence-corrected chi connectivity index (χ1v) is 9.21. The number of carbonyl (C=O) groups excluding carboxylic acids is 3. The Bertz CT molecular complexity index is 932. The summed E-state index contributed by atoms with van der Waals surface area (Å²) in [4.78, 5) is 51.2. The molecule has 6 N–H and O–H groups in total. The van der Waals surface area contributed by atoms with Gasteiger partial charge >= 0.3 is 6.16 Å². The van der Waals surface area contributed by atoms with Crippen molar-refractivity contribution in [2.24, 2.45) is 23.3 Å². The molecule has 2 heterocycles. The predicted molar refractivity (Wildman–Crippen MR) is 103 cm³/mol. The van der Waals surface area contributed by atoms with Gasteiger partial charge in [0.25, 0.3) is 0 Å². The molecule has 4 unspecified atom stereocenters. The molecule has 2 aliphatic rings. The highest BCUT2D eigenvalue weighted by atomic mass is 16.7. The van der Waals surface area contributed by atoms with Gasteiger partial charge in [0, 0.05) is 25.6 Å². The van der Waals surface area contributed by atoms with Crippen molar-refractivity contribution in [2.45, 2.75) is 25.1 Å². The number of hydrogen-bond acceptors (Lipinski definition) is 7. The Morgan fingerprint density at radius 3 is 2.30 bits per heavy atom. The maximum absolute atomic E-state index is 12.9. The van der Waals surface area contributed by atoms with E-state index in [4.69, 9.17) is 21.6 Å². The fourth-order valence-electron chi connectivity index (χ4n) is 4.50. The highest BCUT2D eigenvalue weighted by molar-refractivity contribution is 6.06. The molecule has 0 radical (unpaired) electrons. The number of ether oxygens (including phenoxy) is 1. The summed E-state index contributed by atoms with van der Waals surface area (Å²) in [5.41, 5.74) is 10.2. The molecule has 0 spiro atoms. The van der Waals surface area contributed by atoms with Gasteiger partial charge in [-0.25, -0.2) is 4.79 Å². The Morgan fingerprint density at radius 2 is 1.80 bits per heavy atom. The number of nitrogen functional groups attached to an aromatic ring is 1. The summed E-state index contributed by atoms with van der Waals surface area (Å²) in [5.74, 6) is -3.78. The fourth-order valence-corrected chi connectivity index (χ4v) is 4.50. The van der Waals surface area contributed by atoms with Gasteiger partial charge in [-0.3, -0.25) is 29.6 Å². The van der Waals surface area contributed by atoms with E-state index in [9.17, 15) is 24.3 Å². The summed E-state index contributed by atoms with van der Waals surface area (Å²) >= 11 is 0. The molecule has 30 heavy (non-hydrogen) atoms. The zero-order valence-corrected chi connectivity index (χ0v) is 16.5. The molecule has 0 aliphatic carbocycles. The maximum Gasteiger partial charge on any atom is 0.507 e. The van der Waals surface area contributed by atoms with E-state index in [1.807, 2.05) is 0 Å². The average Bonchev–Trinajstić information content (AvgIpc) is 3.04. The molecule has 11 nitrogen and oxygen atoms in total. The van der Waals surface area contributed by atoms with Crippen molar-refractivity contribution in [1.29, 1.82) is 5.41 Å². The standard InChI is InChI=1S/C19H23N5O6/c1-19(30-18(28)29)13-12(16(26)23(2)17(13)27)14(24(19)8-7-11(20)25)9-3-5-10(6-4-9)15(21)22/h3-6,12-14H,7-8H2,1-2H3,(H2,20,25)(H3,21,22)(H,28,29). The second-order valence-electron chi connectivity index (χ2n) is 7.55. The number of nitrogens with two attached hydrogens (primary N) is 2. The summed E-state index contributed by atoms with van der Waals surface area (Å²) in [6, 6.07) is 5.74. The van der Waals surface area contributed by atoms with Crippen LogP contribution in [0.2, 0.25) is 0 Å². The normalized spacial score (nSPS) is 28.5. The van der Waals surface area contributed by atoms with Gasteiger partial charge in [0.2, 0.25) is 17.7 Å². The number of rotatable bonds is 6. The molecule has 0 aromatic heterocycles. The van der Waals surface area contributed by atoms with Gasteiger partial charge in [0.1, 0.15) is 11.8 Å². The number of hydrogen-bond donors (Lipinski definition) is 4. The van der Waals surface area contributed by atoms with E-state index >= 15 is 0 Å². The minimum absolute atomic E-state index is 0.0183. The van der Waals surface area contributed by atoms with E-state index in [1.165, 1.54) is 18.9 Å². The molecule has 2 fully saturated rings. The maximum atomic E-state index is 12.9. The fraction of sp³-hybridized carbons (Fsp3) is 0.421. The smallest absolute Gasteiger partial charge is 0.450 e. The third-order valence-electron chi connectivity index (χ3n) is 5.85. The number of amides is 3. The Labute approximate surface area is 172 Å². The van der Waals surface area contributed by atoms with Crippen molar-refractivity contribution < 1.29 is 29.0 Å². The molecule has 4 atom stereocenters. The summed E-state index contributed by atoms with van der Waals surface area (Å²) in [6.07, 6.45) is -1.74. The van der Waals surface area contributed by atoms with Gasteiger partial charge < -0.3 is 21.3 Å². The third-order valence-corrected chi connectivity index (χ3v) is 5.85. The predicted octanol–water partition coefficient (Wildman–Crippen LogP) is -0.155. The van der Waals surface area contributed by atoms with E-state index in [1.54, 1.807) is 24.3 Å². The summed E-state index contributed by atoms with van der Waals surface area (Å²) < 4.78 is 5.17. The van der Waals surface area contributed by atoms with Crippen molar-refractivity contribution >= 4 is 29.7 Å². The molecule has 1 aromatic rings.